The Morgan fingerprint density at radius 2 is 2.43 bits per heavy atom. The first-order chi connectivity index (χ1) is 6.74. The van der Waals surface area contributed by atoms with Crippen molar-refractivity contribution in [3.63, 3.8) is 0 Å². The van der Waals surface area contributed by atoms with Gasteiger partial charge < -0.3 is 9.84 Å². The SMILES string of the molecule is COc1cncc(C2(O)CCSC2)c1. The van der Waals surface area contributed by atoms with Crippen LogP contribution in [-0.2, 0) is 5.60 Å². The molecule has 1 aromatic rings. The van der Waals surface area contributed by atoms with Crippen LogP contribution in [0.1, 0.15) is 12.0 Å². The van der Waals surface area contributed by atoms with E-state index in [1.54, 1.807) is 31.3 Å². The number of thioether (sulfide) groups is 1. The Bertz CT molecular complexity index is 324. The number of rotatable bonds is 2. The molecule has 1 unspecified atom stereocenters. The highest BCUT2D eigenvalue weighted by atomic mass is 32.2. The first-order valence-corrected chi connectivity index (χ1v) is 5.70. The summed E-state index contributed by atoms with van der Waals surface area (Å²) in [5.41, 5.74) is 0.161. The second-order valence-electron chi connectivity index (χ2n) is 3.45. The first kappa shape index (κ1) is 9.80. The van der Waals surface area contributed by atoms with E-state index in [0.29, 0.717) is 5.75 Å². The third kappa shape index (κ3) is 1.72. The summed E-state index contributed by atoms with van der Waals surface area (Å²) in [7, 11) is 1.61. The Morgan fingerprint density at radius 3 is 3.07 bits per heavy atom. The minimum atomic E-state index is -0.702. The van der Waals surface area contributed by atoms with Crippen LogP contribution in [0.2, 0.25) is 0 Å². The van der Waals surface area contributed by atoms with E-state index in [1.807, 2.05) is 6.07 Å². The molecule has 14 heavy (non-hydrogen) atoms. The number of methoxy groups -OCH3 is 1. The number of hydrogen-bond donors (Lipinski definition) is 1. The second-order valence-corrected chi connectivity index (χ2v) is 4.55. The molecule has 1 N–H and O–H groups in total. The molecule has 2 rings (SSSR count). The lowest BCUT2D eigenvalue weighted by molar-refractivity contribution is 0.0651. The van der Waals surface area contributed by atoms with E-state index in [9.17, 15) is 5.11 Å². The number of nitrogens with zero attached hydrogens (tertiary/aromatic N) is 1. The quantitative estimate of drug-likeness (QED) is 0.803. The molecule has 0 bridgehead atoms. The van der Waals surface area contributed by atoms with Gasteiger partial charge in [-0.15, -0.1) is 0 Å². The van der Waals surface area contributed by atoms with Gasteiger partial charge in [0, 0.05) is 17.5 Å². The normalized spacial score (nSPS) is 26.4. The summed E-state index contributed by atoms with van der Waals surface area (Å²) in [6.45, 7) is 0. The predicted octanol–water partition coefficient (Wildman–Crippen LogP) is 1.41. The molecule has 0 radical (unpaired) electrons. The van der Waals surface area contributed by atoms with Gasteiger partial charge in [-0.05, 0) is 18.2 Å². The zero-order valence-corrected chi connectivity index (χ0v) is 8.88. The maximum absolute atomic E-state index is 10.3. The van der Waals surface area contributed by atoms with E-state index in [0.717, 1.165) is 23.5 Å². The van der Waals surface area contributed by atoms with Crippen LogP contribution in [0.25, 0.3) is 0 Å². The van der Waals surface area contributed by atoms with Crippen LogP contribution < -0.4 is 4.74 Å². The van der Waals surface area contributed by atoms with Crippen LogP contribution in [0, 0.1) is 0 Å². The summed E-state index contributed by atoms with van der Waals surface area (Å²) < 4.78 is 5.08. The largest absolute Gasteiger partial charge is 0.495 e. The first-order valence-electron chi connectivity index (χ1n) is 4.54. The number of ether oxygens (including phenoxy) is 1. The zero-order chi connectivity index (χ0) is 10.0. The Labute approximate surface area is 87.5 Å². The molecule has 0 saturated carbocycles. The molecule has 1 aliphatic rings. The van der Waals surface area contributed by atoms with Gasteiger partial charge in [0.15, 0.2) is 0 Å². The lowest BCUT2D eigenvalue weighted by Gasteiger charge is -2.21. The monoisotopic (exact) mass is 211 g/mol. The van der Waals surface area contributed by atoms with Crippen molar-refractivity contribution in [1.29, 1.82) is 0 Å². The minimum Gasteiger partial charge on any atom is -0.495 e. The standard InChI is InChI=1S/C10H13NO2S/c1-13-9-4-8(5-11-6-9)10(12)2-3-14-7-10/h4-6,12H,2-3,7H2,1H3. The maximum atomic E-state index is 10.3. The van der Waals surface area contributed by atoms with Gasteiger partial charge in [-0.25, -0.2) is 0 Å². The average Bonchev–Trinajstić information content (AvgIpc) is 2.67. The molecular formula is C10H13NO2S. The van der Waals surface area contributed by atoms with Crippen molar-refractivity contribution in [1.82, 2.24) is 4.98 Å². The highest BCUT2D eigenvalue weighted by Gasteiger charge is 2.34. The van der Waals surface area contributed by atoms with Crippen LogP contribution >= 0.6 is 11.8 Å². The van der Waals surface area contributed by atoms with E-state index in [1.165, 1.54) is 0 Å². The van der Waals surface area contributed by atoms with Crippen LogP contribution in [0.3, 0.4) is 0 Å². The lowest BCUT2D eigenvalue weighted by Crippen LogP contribution is -2.24. The van der Waals surface area contributed by atoms with Gasteiger partial charge in [0.1, 0.15) is 11.4 Å². The summed E-state index contributed by atoms with van der Waals surface area (Å²) in [6.07, 6.45) is 4.16. The van der Waals surface area contributed by atoms with Gasteiger partial charge in [-0.3, -0.25) is 4.98 Å². The fourth-order valence-corrected chi connectivity index (χ4v) is 2.84. The molecule has 1 aliphatic heterocycles. The van der Waals surface area contributed by atoms with Crippen molar-refractivity contribution >= 4 is 11.8 Å². The Kier molecular flexibility index (Phi) is 2.65. The molecule has 1 atom stereocenters. The van der Waals surface area contributed by atoms with Crippen molar-refractivity contribution in [3.8, 4) is 5.75 Å². The zero-order valence-electron chi connectivity index (χ0n) is 8.06. The lowest BCUT2D eigenvalue weighted by atomic mass is 9.95. The highest BCUT2D eigenvalue weighted by Crippen LogP contribution is 2.37. The molecule has 3 nitrogen and oxygen atoms in total. The molecule has 0 aliphatic carbocycles. The van der Waals surface area contributed by atoms with Gasteiger partial charge in [-0.2, -0.15) is 11.8 Å². The summed E-state index contributed by atoms with van der Waals surface area (Å²) in [5.74, 6) is 2.46. The molecule has 0 amide bonds. The molecule has 0 aromatic carbocycles. The fraction of sp³-hybridized carbons (Fsp3) is 0.500. The van der Waals surface area contributed by atoms with Gasteiger partial charge in [0.2, 0.25) is 0 Å². The van der Waals surface area contributed by atoms with Crippen molar-refractivity contribution in [2.75, 3.05) is 18.6 Å². The highest BCUT2D eigenvalue weighted by molar-refractivity contribution is 7.99. The third-order valence-corrected chi connectivity index (χ3v) is 3.66. The van der Waals surface area contributed by atoms with Crippen LogP contribution in [0.5, 0.6) is 5.75 Å². The molecule has 1 saturated heterocycles. The Morgan fingerprint density at radius 1 is 1.57 bits per heavy atom. The predicted molar refractivity (Wildman–Crippen MR) is 56.6 cm³/mol. The van der Waals surface area contributed by atoms with E-state index in [2.05, 4.69) is 4.98 Å². The topological polar surface area (TPSA) is 42.4 Å². The molecule has 1 aromatic heterocycles. The van der Waals surface area contributed by atoms with Crippen molar-refractivity contribution in [3.05, 3.63) is 24.0 Å². The van der Waals surface area contributed by atoms with Gasteiger partial charge in [-0.1, -0.05) is 0 Å². The number of pyridine rings is 1. The van der Waals surface area contributed by atoms with Crippen molar-refractivity contribution in [2.24, 2.45) is 0 Å². The fourth-order valence-electron chi connectivity index (χ4n) is 1.57. The number of aliphatic hydroxyl groups is 1. The Hall–Kier alpha value is -0.740. The van der Waals surface area contributed by atoms with E-state index in [-0.39, 0.29) is 0 Å². The van der Waals surface area contributed by atoms with E-state index >= 15 is 0 Å². The summed E-state index contributed by atoms with van der Waals surface area (Å²) >= 11 is 1.77. The summed E-state index contributed by atoms with van der Waals surface area (Å²) in [4.78, 5) is 4.05. The number of aromatic nitrogens is 1. The smallest absolute Gasteiger partial charge is 0.137 e. The van der Waals surface area contributed by atoms with E-state index < -0.39 is 5.60 Å². The van der Waals surface area contributed by atoms with Crippen LogP contribution in [0.4, 0.5) is 0 Å². The molecular weight excluding hydrogens is 198 g/mol. The molecule has 2 heterocycles. The Balaban J connectivity index is 2.30. The molecule has 76 valence electrons. The van der Waals surface area contributed by atoms with Crippen molar-refractivity contribution < 1.29 is 9.84 Å². The minimum absolute atomic E-state index is 0.702. The average molecular weight is 211 g/mol. The molecule has 4 heteroatoms. The van der Waals surface area contributed by atoms with Gasteiger partial charge >= 0.3 is 0 Å². The molecule has 0 spiro atoms. The third-order valence-electron chi connectivity index (χ3n) is 2.49. The summed E-state index contributed by atoms with van der Waals surface area (Å²) in [6, 6.07) is 1.86. The molecule has 1 fully saturated rings. The maximum Gasteiger partial charge on any atom is 0.137 e. The second kappa shape index (κ2) is 3.79. The van der Waals surface area contributed by atoms with Gasteiger partial charge in [0.05, 0.1) is 13.3 Å². The van der Waals surface area contributed by atoms with E-state index in [4.69, 9.17) is 4.74 Å². The van der Waals surface area contributed by atoms with Crippen LogP contribution in [0.15, 0.2) is 18.5 Å². The van der Waals surface area contributed by atoms with Crippen LogP contribution in [-0.4, -0.2) is 28.7 Å². The summed E-state index contributed by atoms with van der Waals surface area (Å²) in [5, 5.41) is 10.3. The van der Waals surface area contributed by atoms with Crippen molar-refractivity contribution in [2.45, 2.75) is 12.0 Å². The number of hydrogen-bond acceptors (Lipinski definition) is 4. The van der Waals surface area contributed by atoms with Gasteiger partial charge in [0.25, 0.3) is 0 Å².